The molecule has 1 amide bonds. The van der Waals surface area contributed by atoms with E-state index in [0.717, 1.165) is 29.9 Å². The predicted molar refractivity (Wildman–Crippen MR) is 102 cm³/mol. The van der Waals surface area contributed by atoms with E-state index in [4.69, 9.17) is 4.74 Å². The molecule has 3 atom stereocenters. The first-order chi connectivity index (χ1) is 13.1. The molecule has 1 aliphatic heterocycles. The zero-order valence-corrected chi connectivity index (χ0v) is 15.6. The van der Waals surface area contributed by atoms with E-state index in [0.29, 0.717) is 38.4 Å². The van der Waals surface area contributed by atoms with Crippen LogP contribution in [0.5, 0.6) is 0 Å². The molecule has 1 heterocycles. The SMILES string of the molecule is O=C(NCCC1CC2CCC1C2)c1cc([N+](=O)[O-])ccc1N1CCOCC1. The first kappa shape index (κ1) is 18.2. The molecule has 4 rings (SSSR count). The van der Waals surface area contributed by atoms with E-state index in [9.17, 15) is 14.9 Å². The van der Waals surface area contributed by atoms with Crippen LogP contribution in [-0.2, 0) is 4.74 Å². The summed E-state index contributed by atoms with van der Waals surface area (Å²) in [5.41, 5.74) is 1.09. The molecule has 0 spiro atoms. The van der Waals surface area contributed by atoms with Crippen LogP contribution in [0.15, 0.2) is 18.2 Å². The first-order valence-electron chi connectivity index (χ1n) is 10.0. The number of carbonyl (C=O) groups excluding carboxylic acids is 1. The van der Waals surface area contributed by atoms with Crippen molar-refractivity contribution in [1.82, 2.24) is 5.32 Å². The quantitative estimate of drug-likeness (QED) is 0.612. The molecule has 3 unspecified atom stereocenters. The second-order valence-corrected chi connectivity index (χ2v) is 8.04. The van der Waals surface area contributed by atoms with Gasteiger partial charge < -0.3 is 15.0 Å². The number of nitro groups is 1. The van der Waals surface area contributed by atoms with Gasteiger partial charge in [0.1, 0.15) is 0 Å². The van der Waals surface area contributed by atoms with Crippen LogP contribution >= 0.6 is 0 Å². The number of benzene rings is 1. The van der Waals surface area contributed by atoms with Crippen molar-refractivity contribution in [2.45, 2.75) is 32.1 Å². The average Bonchev–Trinajstić information content (AvgIpc) is 3.31. The minimum Gasteiger partial charge on any atom is -0.378 e. The summed E-state index contributed by atoms with van der Waals surface area (Å²) in [6, 6.07) is 4.56. The lowest BCUT2D eigenvalue weighted by molar-refractivity contribution is -0.384. The molecular weight excluding hydrogens is 346 g/mol. The van der Waals surface area contributed by atoms with Crippen molar-refractivity contribution in [2.24, 2.45) is 17.8 Å². The molecule has 2 bridgehead atoms. The summed E-state index contributed by atoms with van der Waals surface area (Å²) in [5, 5.41) is 14.2. The van der Waals surface area contributed by atoms with Crippen molar-refractivity contribution in [3.8, 4) is 0 Å². The number of carbonyl (C=O) groups is 1. The molecular formula is C20H27N3O4. The van der Waals surface area contributed by atoms with Crippen LogP contribution in [0.1, 0.15) is 42.5 Å². The van der Waals surface area contributed by atoms with Gasteiger partial charge in [0.25, 0.3) is 11.6 Å². The Balaban J connectivity index is 1.43. The molecule has 1 N–H and O–H groups in total. The molecule has 2 saturated carbocycles. The number of non-ortho nitro benzene ring substituents is 1. The summed E-state index contributed by atoms with van der Waals surface area (Å²) in [6.07, 6.45) is 6.40. The van der Waals surface area contributed by atoms with E-state index in [1.54, 1.807) is 6.07 Å². The van der Waals surface area contributed by atoms with Gasteiger partial charge in [-0.1, -0.05) is 6.42 Å². The fourth-order valence-electron chi connectivity index (χ4n) is 5.10. The summed E-state index contributed by atoms with van der Waals surface area (Å²) in [7, 11) is 0. The maximum Gasteiger partial charge on any atom is 0.270 e. The number of nitrogens with zero attached hydrogens (tertiary/aromatic N) is 2. The van der Waals surface area contributed by atoms with Crippen LogP contribution in [-0.4, -0.2) is 43.7 Å². The van der Waals surface area contributed by atoms with Crippen molar-refractivity contribution in [3.63, 3.8) is 0 Å². The highest BCUT2D eigenvalue weighted by Gasteiger charge is 2.38. The van der Waals surface area contributed by atoms with Crippen molar-refractivity contribution in [1.29, 1.82) is 0 Å². The highest BCUT2D eigenvalue weighted by atomic mass is 16.6. The van der Waals surface area contributed by atoms with Gasteiger partial charge in [-0.2, -0.15) is 0 Å². The van der Waals surface area contributed by atoms with Gasteiger partial charge in [0.15, 0.2) is 0 Å². The normalized spacial score (nSPS) is 27.0. The Morgan fingerprint density at radius 2 is 2.07 bits per heavy atom. The minimum absolute atomic E-state index is 0.0507. The van der Waals surface area contributed by atoms with Crippen molar-refractivity contribution in [2.75, 3.05) is 37.7 Å². The number of ether oxygens (including phenoxy) is 1. The first-order valence-corrected chi connectivity index (χ1v) is 10.0. The monoisotopic (exact) mass is 373 g/mol. The van der Waals surface area contributed by atoms with Crippen LogP contribution in [0.4, 0.5) is 11.4 Å². The number of amides is 1. The Morgan fingerprint density at radius 3 is 2.74 bits per heavy atom. The Bertz CT molecular complexity index is 717. The third kappa shape index (κ3) is 3.93. The molecule has 3 aliphatic rings. The molecule has 2 aliphatic carbocycles. The Hall–Kier alpha value is -2.15. The standard InChI is InChI=1S/C20H27N3O4/c24-20(21-6-5-16-12-14-1-2-15(16)11-14)18-13-17(23(25)26)3-4-19(18)22-7-9-27-10-8-22/h3-4,13-16H,1-2,5-12H2,(H,21,24). The van der Waals surface area contributed by atoms with Gasteiger partial charge >= 0.3 is 0 Å². The van der Waals surface area contributed by atoms with E-state index < -0.39 is 4.92 Å². The van der Waals surface area contributed by atoms with Gasteiger partial charge in [-0.05, 0) is 49.5 Å². The van der Waals surface area contributed by atoms with Crippen LogP contribution < -0.4 is 10.2 Å². The Kier molecular flexibility index (Phi) is 5.29. The number of anilines is 1. The summed E-state index contributed by atoms with van der Waals surface area (Å²) < 4.78 is 5.38. The van der Waals surface area contributed by atoms with Crippen LogP contribution in [0.2, 0.25) is 0 Å². The molecule has 1 aromatic rings. The van der Waals surface area contributed by atoms with Gasteiger partial charge in [-0.15, -0.1) is 0 Å². The second kappa shape index (κ2) is 7.84. The minimum atomic E-state index is -0.449. The number of fused-ring (bicyclic) bond motifs is 2. The molecule has 1 saturated heterocycles. The van der Waals surface area contributed by atoms with E-state index >= 15 is 0 Å². The van der Waals surface area contributed by atoms with Gasteiger partial charge in [-0.3, -0.25) is 14.9 Å². The molecule has 146 valence electrons. The highest BCUT2D eigenvalue weighted by Crippen LogP contribution is 2.49. The summed E-state index contributed by atoms with van der Waals surface area (Å²) in [5.74, 6) is 2.25. The topological polar surface area (TPSA) is 84.7 Å². The molecule has 27 heavy (non-hydrogen) atoms. The molecule has 0 radical (unpaired) electrons. The molecule has 3 fully saturated rings. The van der Waals surface area contributed by atoms with Gasteiger partial charge in [0.05, 0.1) is 29.4 Å². The maximum atomic E-state index is 12.8. The summed E-state index contributed by atoms with van der Waals surface area (Å²) in [6.45, 7) is 3.20. The molecule has 7 nitrogen and oxygen atoms in total. The number of hydrogen-bond donors (Lipinski definition) is 1. The fraction of sp³-hybridized carbons (Fsp3) is 0.650. The van der Waals surface area contributed by atoms with Crippen LogP contribution in [0.3, 0.4) is 0 Å². The fourth-order valence-corrected chi connectivity index (χ4v) is 5.10. The number of nitrogens with one attached hydrogen (secondary N) is 1. The average molecular weight is 373 g/mol. The van der Waals surface area contributed by atoms with Gasteiger partial charge in [-0.25, -0.2) is 0 Å². The van der Waals surface area contributed by atoms with E-state index in [1.807, 2.05) is 0 Å². The zero-order valence-electron chi connectivity index (χ0n) is 15.6. The number of morpholine rings is 1. The van der Waals surface area contributed by atoms with E-state index in [2.05, 4.69) is 10.2 Å². The van der Waals surface area contributed by atoms with Crippen molar-refractivity contribution in [3.05, 3.63) is 33.9 Å². The van der Waals surface area contributed by atoms with Gasteiger partial charge in [0, 0.05) is 31.8 Å². The summed E-state index contributed by atoms with van der Waals surface area (Å²) in [4.78, 5) is 25.6. The lowest BCUT2D eigenvalue weighted by Crippen LogP contribution is -2.38. The van der Waals surface area contributed by atoms with Gasteiger partial charge in [0.2, 0.25) is 0 Å². The molecule has 0 aromatic heterocycles. The lowest BCUT2D eigenvalue weighted by Gasteiger charge is -2.30. The number of hydrogen-bond acceptors (Lipinski definition) is 5. The Labute approximate surface area is 159 Å². The van der Waals surface area contributed by atoms with E-state index in [1.165, 1.54) is 37.8 Å². The second-order valence-electron chi connectivity index (χ2n) is 8.04. The van der Waals surface area contributed by atoms with Crippen LogP contribution in [0.25, 0.3) is 0 Å². The number of rotatable bonds is 6. The van der Waals surface area contributed by atoms with Crippen molar-refractivity contribution < 1.29 is 14.5 Å². The third-order valence-corrected chi connectivity index (χ3v) is 6.47. The third-order valence-electron chi connectivity index (χ3n) is 6.47. The van der Waals surface area contributed by atoms with Crippen LogP contribution in [0, 0.1) is 27.9 Å². The predicted octanol–water partition coefficient (Wildman–Crippen LogP) is 2.99. The zero-order chi connectivity index (χ0) is 18.8. The summed E-state index contributed by atoms with van der Waals surface area (Å²) >= 11 is 0. The van der Waals surface area contributed by atoms with E-state index in [-0.39, 0.29) is 11.6 Å². The molecule has 7 heteroatoms. The Morgan fingerprint density at radius 1 is 1.26 bits per heavy atom. The highest BCUT2D eigenvalue weighted by molar-refractivity contribution is 6.00. The largest absolute Gasteiger partial charge is 0.378 e. The maximum absolute atomic E-state index is 12.8. The van der Waals surface area contributed by atoms with Crippen molar-refractivity contribution >= 4 is 17.3 Å². The smallest absolute Gasteiger partial charge is 0.270 e. The number of nitro benzene ring substituents is 1. The lowest BCUT2D eigenvalue weighted by atomic mass is 9.86. The molecule has 1 aromatic carbocycles.